The average Bonchev–Trinajstić information content (AvgIpc) is 2.89. The number of phenolic OH excluding ortho intramolecular Hbond substituents is 1. The van der Waals surface area contributed by atoms with Crippen molar-refractivity contribution in [2.75, 3.05) is 32.8 Å². The largest absolute Gasteiger partial charge is 0.508 e. The molecule has 1 saturated heterocycles. The summed E-state index contributed by atoms with van der Waals surface area (Å²) in [7, 11) is 0. The molecule has 3 aromatic rings. The number of benzene rings is 3. The summed E-state index contributed by atoms with van der Waals surface area (Å²) in [6.07, 6.45) is 6.37. The molecule has 0 amide bonds. The lowest BCUT2D eigenvalue weighted by atomic mass is 9.76. The molecule has 0 saturated carbocycles. The van der Waals surface area contributed by atoms with Crippen LogP contribution in [0, 0.1) is 0 Å². The number of phenols is 1. The summed E-state index contributed by atoms with van der Waals surface area (Å²) in [6, 6.07) is 24.4. The molecule has 0 aromatic heterocycles. The number of aromatic hydroxyl groups is 1. The lowest BCUT2D eigenvalue weighted by Gasteiger charge is -2.34. The summed E-state index contributed by atoms with van der Waals surface area (Å²) in [5, 5.41) is 10.2. The molecule has 4 heteroatoms. The van der Waals surface area contributed by atoms with Crippen LogP contribution >= 0.6 is 0 Å². The molecule has 1 N–H and O–H groups in total. The van der Waals surface area contributed by atoms with E-state index in [9.17, 15) is 5.11 Å². The van der Waals surface area contributed by atoms with Crippen molar-refractivity contribution in [1.29, 1.82) is 0 Å². The van der Waals surface area contributed by atoms with Crippen LogP contribution in [-0.2, 0) is 0 Å². The number of rotatable bonds is 8. The van der Waals surface area contributed by atoms with Gasteiger partial charge in [-0.15, -0.1) is 0 Å². The molecule has 34 heavy (non-hydrogen) atoms. The summed E-state index contributed by atoms with van der Waals surface area (Å²) in [5.74, 6) is 2.32. The van der Waals surface area contributed by atoms with E-state index in [0.717, 1.165) is 30.1 Å². The van der Waals surface area contributed by atoms with E-state index in [2.05, 4.69) is 53.4 Å². The minimum atomic E-state index is 0.108. The maximum absolute atomic E-state index is 10.2. The normalized spacial score (nSPS) is 20.4. The Bertz CT molecular complexity index is 1040. The molecule has 2 aliphatic heterocycles. The Balaban J connectivity index is 1.26. The Morgan fingerprint density at radius 2 is 1.65 bits per heavy atom. The van der Waals surface area contributed by atoms with Gasteiger partial charge in [0.2, 0.25) is 0 Å². The topological polar surface area (TPSA) is 41.9 Å². The molecule has 178 valence electrons. The van der Waals surface area contributed by atoms with Gasteiger partial charge in [0.1, 0.15) is 17.2 Å². The summed E-state index contributed by atoms with van der Waals surface area (Å²) in [4.78, 5) is 2.59. The fourth-order valence-corrected chi connectivity index (χ4v) is 5.39. The number of ether oxygens (including phenoxy) is 2. The molecule has 3 aromatic carbocycles. The minimum Gasteiger partial charge on any atom is -0.508 e. The first-order chi connectivity index (χ1) is 16.8. The van der Waals surface area contributed by atoms with E-state index < -0.39 is 0 Å². The van der Waals surface area contributed by atoms with E-state index >= 15 is 0 Å². The van der Waals surface area contributed by atoms with Crippen LogP contribution in [0.2, 0.25) is 0 Å². The van der Waals surface area contributed by atoms with Crippen LogP contribution in [0.3, 0.4) is 0 Å². The summed E-state index contributed by atoms with van der Waals surface area (Å²) in [6.45, 7) is 5.09. The maximum Gasteiger partial charge on any atom is 0.123 e. The third-order valence-electron chi connectivity index (χ3n) is 7.20. The van der Waals surface area contributed by atoms with Gasteiger partial charge in [-0.1, -0.05) is 48.9 Å². The van der Waals surface area contributed by atoms with E-state index in [1.54, 1.807) is 6.07 Å². The summed E-state index contributed by atoms with van der Waals surface area (Å²) >= 11 is 0. The first-order valence-corrected chi connectivity index (χ1v) is 12.7. The monoisotopic (exact) mass is 457 g/mol. The van der Waals surface area contributed by atoms with Crippen LogP contribution in [0.4, 0.5) is 0 Å². The van der Waals surface area contributed by atoms with Crippen molar-refractivity contribution >= 4 is 0 Å². The van der Waals surface area contributed by atoms with Crippen LogP contribution in [0.5, 0.6) is 17.2 Å². The van der Waals surface area contributed by atoms with Crippen LogP contribution in [-0.4, -0.2) is 42.9 Å². The second-order valence-corrected chi connectivity index (χ2v) is 9.55. The van der Waals surface area contributed by atoms with Crippen LogP contribution in [0.25, 0.3) is 0 Å². The molecule has 0 radical (unpaired) electrons. The number of piperidine rings is 1. The lowest BCUT2D eigenvalue weighted by Crippen LogP contribution is -2.30. The molecule has 2 atom stereocenters. The van der Waals surface area contributed by atoms with Gasteiger partial charge in [-0.2, -0.15) is 0 Å². The van der Waals surface area contributed by atoms with Crippen LogP contribution < -0.4 is 9.47 Å². The minimum absolute atomic E-state index is 0.108. The Labute approximate surface area is 203 Å². The van der Waals surface area contributed by atoms with Crippen molar-refractivity contribution in [2.24, 2.45) is 0 Å². The van der Waals surface area contributed by atoms with Gasteiger partial charge < -0.3 is 19.5 Å². The number of hydrogen-bond donors (Lipinski definition) is 1. The Kier molecular flexibility index (Phi) is 7.35. The SMILES string of the molecule is Oc1ccc2c(c1)[C@@H](c1ccc(OCCCCN3CCCCC3)cc1)[C@@H](c1ccccc1)CO2. The zero-order valence-corrected chi connectivity index (χ0v) is 19.9. The third kappa shape index (κ3) is 5.39. The van der Waals surface area contributed by atoms with Crippen LogP contribution in [0.1, 0.15) is 60.6 Å². The van der Waals surface area contributed by atoms with E-state index in [-0.39, 0.29) is 17.6 Å². The van der Waals surface area contributed by atoms with Gasteiger partial charge in [-0.25, -0.2) is 0 Å². The molecule has 2 heterocycles. The molecule has 2 aliphatic rings. The molecule has 0 unspecified atom stereocenters. The molecular formula is C30H35NO3. The zero-order chi connectivity index (χ0) is 23.2. The summed E-state index contributed by atoms with van der Waals surface area (Å²) in [5.41, 5.74) is 3.49. The predicted molar refractivity (Wildman–Crippen MR) is 136 cm³/mol. The van der Waals surface area contributed by atoms with Crippen molar-refractivity contribution in [3.05, 3.63) is 89.5 Å². The zero-order valence-electron chi connectivity index (χ0n) is 19.9. The van der Waals surface area contributed by atoms with Gasteiger partial charge in [0.25, 0.3) is 0 Å². The number of hydrogen-bond acceptors (Lipinski definition) is 4. The number of likely N-dealkylation sites (tertiary alicyclic amines) is 1. The van der Waals surface area contributed by atoms with Gasteiger partial charge in [-0.3, -0.25) is 0 Å². The lowest BCUT2D eigenvalue weighted by molar-refractivity contribution is 0.216. The van der Waals surface area contributed by atoms with E-state index in [4.69, 9.17) is 9.47 Å². The second-order valence-electron chi connectivity index (χ2n) is 9.55. The quantitative estimate of drug-likeness (QED) is 0.401. The highest BCUT2D eigenvalue weighted by molar-refractivity contribution is 5.51. The molecule has 5 rings (SSSR count). The van der Waals surface area contributed by atoms with Crippen LogP contribution in [0.15, 0.2) is 72.8 Å². The second kappa shape index (κ2) is 11.0. The molecular weight excluding hydrogens is 422 g/mol. The van der Waals surface area contributed by atoms with Gasteiger partial charge in [0.15, 0.2) is 0 Å². The van der Waals surface area contributed by atoms with Gasteiger partial charge in [-0.05, 0) is 86.8 Å². The number of unbranched alkanes of at least 4 members (excludes halogenated alkanes) is 1. The number of fused-ring (bicyclic) bond motifs is 1. The first kappa shape index (κ1) is 22.8. The van der Waals surface area contributed by atoms with Crippen molar-refractivity contribution in [1.82, 2.24) is 4.90 Å². The fourth-order valence-electron chi connectivity index (χ4n) is 5.39. The van der Waals surface area contributed by atoms with Gasteiger partial charge >= 0.3 is 0 Å². The predicted octanol–water partition coefficient (Wildman–Crippen LogP) is 6.35. The van der Waals surface area contributed by atoms with E-state index in [0.29, 0.717) is 6.61 Å². The maximum atomic E-state index is 10.2. The molecule has 0 spiro atoms. The Morgan fingerprint density at radius 1 is 0.853 bits per heavy atom. The van der Waals surface area contributed by atoms with E-state index in [1.165, 1.54) is 56.4 Å². The fraction of sp³-hybridized carbons (Fsp3) is 0.400. The van der Waals surface area contributed by atoms with Crippen molar-refractivity contribution < 1.29 is 14.6 Å². The molecule has 4 nitrogen and oxygen atoms in total. The molecule has 0 aliphatic carbocycles. The smallest absolute Gasteiger partial charge is 0.123 e. The van der Waals surface area contributed by atoms with Crippen molar-refractivity contribution in [3.8, 4) is 17.2 Å². The Morgan fingerprint density at radius 3 is 2.44 bits per heavy atom. The van der Waals surface area contributed by atoms with Gasteiger partial charge in [0, 0.05) is 17.4 Å². The average molecular weight is 458 g/mol. The molecule has 1 fully saturated rings. The van der Waals surface area contributed by atoms with Crippen molar-refractivity contribution in [3.63, 3.8) is 0 Å². The third-order valence-corrected chi connectivity index (χ3v) is 7.20. The highest BCUT2D eigenvalue weighted by Gasteiger charge is 2.33. The highest BCUT2D eigenvalue weighted by Crippen LogP contribution is 2.47. The Hall–Kier alpha value is -2.98. The molecule has 0 bridgehead atoms. The first-order valence-electron chi connectivity index (χ1n) is 12.7. The highest BCUT2D eigenvalue weighted by atomic mass is 16.5. The van der Waals surface area contributed by atoms with E-state index in [1.807, 2.05) is 18.2 Å². The number of nitrogens with zero attached hydrogens (tertiary/aromatic N) is 1. The summed E-state index contributed by atoms with van der Waals surface area (Å²) < 4.78 is 12.2. The van der Waals surface area contributed by atoms with Crippen molar-refractivity contribution in [2.45, 2.75) is 43.9 Å². The standard InChI is InChI=1S/C30H35NO3/c32-25-13-16-29-27(21-25)30(28(22-34-29)23-9-3-1-4-10-23)24-11-14-26(15-12-24)33-20-8-7-19-31-17-5-2-6-18-31/h1,3-4,9-16,21,28,30,32H,2,5-8,17-20,22H2/t28-,30-/m1/s1. The van der Waals surface area contributed by atoms with Gasteiger partial charge in [0.05, 0.1) is 13.2 Å².